The number of hydrogen-bond donors (Lipinski definition) is 2. The van der Waals surface area contributed by atoms with E-state index in [-0.39, 0.29) is 18.4 Å². The van der Waals surface area contributed by atoms with E-state index in [0.29, 0.717) is 37.4 Å². The van der Waals surface area contributed by atoms with Crippen LogP contribution in [0.1, 0.15) is 31.2 Å². The van der Waals surface area contributed by atoms with Crippen molar-refractivity contribution in [3.8, 4) is 5.75 Å². The van der Waals surface area contributed by atoms with Crippen molar-refractivity contribution >= 4 is 17.6 Å². The Bertz CT molecular complexity index is 944. The molecule has 1 spiro atoms. The zero-order valence-corrected chi connectivity index (χ0v) is 18.2. The van der Waals surface area contributed by atoms with Gasteiger partial charge in [0.15, 0.2) is 4.87 Å². The monoisotopic (exact) mass is 445 g/mol. The van der Waals surface area contributed by atoms with Gasteiger partial charge in [-0.05, 0) is 49.3 Å². The van der Waals surface area contributed by atoms with E-state index < -0.39 is 10.8 Å². The molecule has 0 amide bonds. The van der Waals surface area contributed by atoms with Crippen molar-refractivity contribution in [3.05, 3.63) is 53.4 Å². The van der Waals surface area contributed by atoms with Gasteiger partial charge in [0.1, 0.15) is 11.5 Å². The number of ether oxygens (including phenoxy) is 2. The van der Waals surface area contributed by atoms with Crippen molar-refractivity contribution in [2.45, 2.75) is 36.0 Å². The number of carbonyl (C=O) groups is 1. The third kappa shape index (κ3) is 3.50. The molecule has 1 aromatic rings. The van der Waals surface area contributed by atoms with Crippen molar-refractivity contribution < 1.29 is 24.5 Å². The predicted octanol–water partition coefficient (Wildman–Crippen LogP) is 3.29. The van der Waals surface area contributed by atoms with Crippen LogP contribution >= 0.6 is 11.6 Å². The molecule has 2 N–H and O–H groups in total. The molecule has 1 fully saturated rings. The van der Waals surface area contributed by atoms with Crippen LogP contribution in [-0.4, -0.2) is 58.9 Å². The van der Waals surface area contributed by atoms with Gasteiger partial charge in [-0.3, -0.25) is 0 Å². The number of aliphatic hydroxyl groups excluding tert-OH is 1. The summed E-state index contributed by atoms with van der Waals surface area (Å²) in [5.74, 6) is 1.22. The zero-order valence-electron chi connectivity index (χ0n) is 17.4. The van der Waals surface area contributed by atoms with Gasteiger partial charge in [0.2, 0.25) is 0 Å². The van der Waals surface area contributed by atoms with Crippen molar-refractivity contribution in [1.29, 1.82) is 0 Å². The first-order valence-corrected chi connectivity index (χ1v) is 11.4. The molecule has 31 heavy (non-hydrogen) atoms. The lowest BCUT2D eigenvalue weighted by Crippen LogP contribution is -2.49. The van der Waals surface area contributed by atoms with Crippen molar-refractivity contribution in [2.75, 3.05) is 32.9 Å². The number of nitrogens with zero attached hydrogens (tertiary/aromatic N) is 1. The van der Waals surface area contributed by atoms with Crippen LogP contribution in [0.5, 0.6) is 5.75 Å². The Morgan fingerprint density at radius 2 is 2.03 bits per heavy atom. The van der Waals surface area contributed by atoms with E-state index >= 15 is 0 Å². The van der Waals surface area contributed by atoms with Crippen LogP contribution in [0.2, 0.25) is 0 Å². The molecule has 2 aliphatic carbocycles. The second-order valence-corrected chi connectivity index (χ2v) is 9.99. The van der Waals surface area contributed by atoms with Crippen LogP contribution in [0.4, 0.5) is 0 Å². The van der Waals surface area contributed by atoms with Gasteiger partial charge in [0.25, 0.3) is 0 Å². The van der Waals surface area contributed by atoms with Crippen molar-refractivity contribution in [2.24, 2.45) is 11.8 Å². The number of para-hydroxylation sites is 1. The number of carboxylic acids is 1. The Hall–Kier alpha value is -2.18. The lowest BCUT2D eigenvalue weighted by Gasteiger charge is -2.45. The van der Waals surface area contributed by atoms with E-state index in [4.69, 9.17) is 21.1 Å². The number of rotatable bonds is 4. The Morgan fingerprint density at radius 1 is 1.23 bits per heavy atom. The maximum absolute atomic E-state index is 11.9. The second kappa shape index (κ2) is 7.75. The van der Waals surface area contributed by atoms with Gasteiger partial charge in [0.05, 0.1) is 24.3 Å². The highest BCUT2D eigenvalue weighted by Gasteiger charge is 2.47. The van der Waals surface area contributed by atoms with E-state index in [9.17, 15) is 15.0 Å². The topological polar surface area (TPSA) is 79.2 Å². The van der Waals surface area contributed by atoms with Crippen LogP contribution in [0, 0.1) is 11.8 Å². The number of carboxylic acid groups (broad SMARTS) is 1. The van der Waals surface area contributed by atoms with E-state index in [0.717, 1.165) is 42.8 Å². The maximum atomic E-state index is 11.9. The second-order valence-electron chi connectivity index (χ2n) is 9.31. The number of alkyl halides is 1. The van der Waals surface area contributed by atoms with Gasteiger partial charge in [0, 0.05) is 31.7 Å². The summed E-state index contributed by atoms with van der Waals surface area (Å²) in [6.07, 6.45) is 6.36. The van der Waals surface area contributed by atoms with Gasteiger partial charge in [-0.15, -0.1) is 11.6 Å². The number of aliphatic hydroxyl groups is 1. The predicted molar refractivity (Wildman–Crippen MR) is 116 cm³/mol. The standard InChI is InChI=1S/C24H28ClNO5/c25-24(22(28)29)8-7-21-19(11-24)26(12-16-5-6-17(16)13-27)14-23(15-31-21)9-10-30-20-4-2-1-3-18(20)23/h1-4,7-8,16-17,27H,5-6,9-15H2,(H,28,29)/t16-,17-,23?,24?/m0/s1. The highest BCUT2D eigenvalue weighted by molar-refractivity contribution is 6.35. The molecular weight excluding hydrogens is 418 g/mol. The minimum Gasteiger partial charge on any atom is -0.493 e. The SMILES string of the molecule is O=C(O)C1(Cl)C=CC2=C(C1)N(C[C@@H]1CC[C@H]1CO)CC1(CCOc3ccccc31)CO2. The molecule has 5 rings (SSSR count). The van der Waals surface area contributed by atoms with Crippen LogP contribution in [-0.2, 0) is 14.9 Å². The summed E-state index contributed by atoms with van der Waals surface area (Å²) in [4.78, 5) is 12.7. The fourth-order valence-corrected chi connectivity index (χ4v) is 5.56. The summed E-state index contributed by atoms with van der Waals surface area (Å²) in [5, 5.41) is 19.4. The van der Waals surface area contributed by atoms with E-state index in [1.807, 2.05) is 18.2 Å². The molecule has 2 aliphatic heterocycles. The molecule has 166 valence electrons. The number of benzene rings is 1. The third-order valence-corrected chi connectivity index (χ3v) is 7.92. The normalized spacial score (nSPS) is 34.2. The van der Waals surface area contributed by atoms with Crippen LogP contribution < -0.4 is 4.74 Å². The molecule has 1 saturated carbocycles. The van der Waals surface area contributed by atoms with E-state index in [1.54, 1.807) is 6.08 Å². The molecule has 4 aliphatic rings. The first-order chi connectivity index (χ1) is 14.9. The molecule has 2 unspecified atom stereocenters. The molecule has 4 atom stereocenters. The minimum absolute atomic E-state index is 0.181. The number of fused-ring (bicyclic) bond motifs is 2. The Labute approximate surface area is 187 Å². The summed E-state index contributed by atoms with van der Waals surface area (Å²) in [5.41, 5.74) is 1.73. The average Bonchev–Trinajstić information content (AvgIpc) is 2.89. The number of allylic oxidation sites excluding steroid dienone is 2. The first-order valence-electron chi connectivity index (χ1n) is 11.0. The molecule has 0 bridgehead atoms. The molecule has 0 radical (unpaired) electrons. The summed E-state index contributed by atoms with van der Waals surface area (Å²) in [6, 6.07) is 8.12. The molecular formula is C24H28ClNO5. The lowest BCUT2D eigenvalue weighted by atomic mass is 9.72. The quantitative estimate of drug-likeness (QED) is 0.692. The largest absolute Gasteiger partial charge is 0.493 e. The van der Waals surface area contributed by atoms with Crippen LogP contribution in [0.25, 0.3) is 0 Å². The Morgan fingerprint density at radius 3 is 2.77 bits per heavy atom. The average molecular weight is 446 g/mol. The number of halogens is 1. The smallest absolute Gasteiger partial charge is 0.329 e. The summed E-state index contributed by atoms with van der Waals surface area (Å²) in [6.45, 7) is 2.78. The number of aliphatic carboxylic acids is 1. The fourth-order valence-electron chi connectivity index (χ4n) is 5.37. The number of hydrogen-bond acceptors (Lipinski definition) is 5. The first kappa shape index (κ1) is 20.7. The lowest BCUT2D eigenvalue weighted by molar-refractivity contribution is -0.138. The summed E-state index contributed by atoms with van der Waals surface area (Å²) >= 11 is 6.48. The van der Waals surface area contributed by atoms with Gasteiger partial charge in [-0.1, -0.05) is 18.2 Å². The van der Waals surface area contributed by atoms with Gasteiger partial charge in [-0.25, -0.2) is 4.79 Å². The van der Waals surface area contributed by atoms with Crippen LogP contribution in [0.3, 0.4) is 0 Å². The molecule has 1 aromatic carbocycles. The van der Waals surface area contributed by atoms with E-state index in [1.165, 1.54) is 6.08 Å². The third-order valence-electron chi connectivity index (χ3n) is 7.50. The molecule has 6 nitrogen and oxygen atoms in total. The minimum atomic E-state index is -1.47. The van der Waals surface area contributed by atoms with Gasteiger partial charge < -0.3 is 24.6 Å². The van der Waals surface area contributed by atoms with Crippen molar-refractivity contribution in [3.63, 3.8) is 0 Å². The molecule has 0 saturated heterocycles. The fraction of sp³-hybridized carbons (Fsp3) is 0.542. The molecule has 0 aromatic heterocycles. The summed E-state index contributed by atoms with van der Waals surface area (Å²) < 4.78 is 12.3. The van der Waals surface area contributed by atoms with Crippen LogP contribution in [0.15, 0.2) is 47.9 Å². The highest BCUT2D eigenvalue weighted by atomic mass is 35.5. The Balaban J connectivity index is 1.52. The van der Waals surface area contributed by atoms with E-state index in [2.05, 4.69) is 11.0 Å². The maximum Gasteiger partial charge on any atom is 0.329 e. The zero-order chi connectivity index (χ0) is 21.6. The molecule has 2 heterocycles. The highest BCUT2D eigenvalue weighted by Crippen LogP contribution is 2.46. The summed E-state index contributed by atoms with van der Waals surface area (Å²) in [7, 11) is 0. The molecule has 7 heteroatoms. The van der Waals surface area contributed by atoms with Gasteiger partial charge >= 0.3 is 5.97 Å². The van der Waals surface area contributed by atoms with Gasteiger partial charge in [-0.2, -0.15) is 0 Å². The van der Waals surface area contributed by atoms with Crippen molar-refractivity contribution in [1.82, 2.24) is 4.90 Å². The Kier molecular flexibility index (Phi) is 5.18.